The molecule has 27 heavy (non-hydrogen) atoms. The lowest BCUT2D eigenvalue weighted by atomic mass is 9.46. The standard InChI is InChI=1S/C19H30F3N3O.HI/c1-23-17(24-11-12-5-2-3-6-14(12)19(20,21)22)25-15-13-7-10-26-16(13)18(15)8-4-9-18;/h12-16H,2-11H2,1H3,(H2,23,24,25);1H. The zero-order valence-corrected chi connectivity index (χ0v) is 18.2. The van der Waals surface area contributed by atoms with Crippen LogP contribution < -0.4 is 10.6 Å². The average molecular weight is 501 g/mol. The first-order chi connectivity index (χ1) is 12.5. The van der Waals surface area contributed by atoms with Crippen molar-refractivity contribution in [1.82, 2.24) is 10.6 Å². The van der Waals surface area contributed by atoms with E-state index in [1.54, 1.807) is 7.05 Å². The van der Waals surface area contributed by atoms with Gasteiger partial charge in [0.25, 0.3) is 0 Å². The summed E-state index contributed by atoms with van der Waals surface area (Å²) in [6, 6.07) is 0.347. The fourth-order valence-electron chi connectivity index (χ4n) is 5.91. The molecule has 4 rings (SSSR count). The van der Waals surface area contributed by atoms with Gasteiger partial charge in [-0.3, -0.25) is 4.99 Å². The molecule has 4 aliphatic rings. The summed E-state index contributed by atoms with van der Waals surface area (Å²) in [5, 5.41) is 6.74. The molecule has 0 aromatic heterocycles. The molecule has 0 radical (unpaired) electrons. The van der Waals surface area contributed by atoms with Gasteiger partial charge in [-0.05, 0) is 38.0 Å². The maximum absolute atomic E-state index is 13.3. The molecule has 1 saturated heterocycles. The molecule has 3 saturated carbocycles. The highest BCUT2D eigenvalue weighted by Gasteiger charge is 2.66. The molecule has 3 aliphatic carbocycles. The van der Waals surface area contributed by atoms with Crippen LogP contribution in [0.5, 0.6) is 0 Å². The Bertz CT molecular complexity index is 553. The number of nitrogens with zero attached hydrogens (tertiary/aromatic N) is 1. The van der Waals surface area contributed by atoms with E-state index in [1.807, 2.05) is 0 Å². The number of guanidine groups is 1. The Hall–Kier alpha value is -0.250. The Morgan fingerprint density at radius 2 is 1.89 bits per heavy atom. The lowest BCUT2D eigenvalue weighted by Gasteiger charge is -2.63. The van der Waals surface area contributed by atoms with E-state index < -0.39 is 12.1 Å². The molecular weight excluding hydrogens is 470 g/mol. The lowest BCUT2D eigenvalue weighted by molar-refractivity contribution is -0.195. The first kappa shape index (κ1) is 21.5. The molecule has 4 nitrogen and oxygen atoms in total. The van der Waals surface area contributed by atoms with Crippen LogP contribution in [0.3, 0.4) is 0 Å². The molecule has 1 aliphatic heterocycles. The van der Waals surface area contributed by atoms with Crippen LogP contribution in [-0.4, -0.2) is 44.5 Å². The Kier molecular flexibility index (Phi) is 6.55. The van der Waals surface area contributed by atoms with Crippen molar-refractivity contribution in [1.29, 1.82) is 0 Å². The maximum Gasteiger partial charge on any atom is 0.392 e. The minimum atomic E-state index is -4.10. The monoisotopic (exact) mass is 501 g/mol. The van der Waals surface area contributed by atoms with Gasteiger partial charge in [-0.1, -0.05) is 19.3 Å². The van der Waals surface area contributed by atoms with E-state index >= 15 is 0 Å². The molecule has 1 spiro atoms. The van der Waals surface area contributed by atoms with Crippen LogP contribution in [0.15, 0.2) is 4.99 Å². The molecule has 0 aromatic carbocycles. The maximum atomic E-state index is 13.3. The average Bonchev–Trinajstić information content (AvgIpc) is 2.98. The third-order valence-corrected chi connectivity index (χ3v) is 7.41. The van der Waals surface area contributed by atoms with Gasteiger partial charge in [0.1, 0.15) is 0 Å². The first-order valence-corrected chi connectivity index (χ1v) is 10.1. The number of halogens is 4. The zero-order valence-electron chi connectivity index (χ0n) is 15.9. The summed E-state index contributed by atoms with van der Waals surface area (Å²) in [6.07, 6.45) is 3.42. The van der Waals surface area contributed by atoms with Crippen LogP contribution in [0.4, 0.5) is 13.2 Å². The molecule has 5 atom stereocenters. The lowest BCUT2D eigenvalue weighted by Crippen LogP contribution is -2.72. The highest BCUT2D eigenvalue weighted by Crippen LogP contribution is 2.62. The van der Waals surface area contributed by atoms with Gasteiger partial charge >= 0.3 is 6.18 Å². The van der Waals surface area contributed by atoms with E-state index in [4.69, 9.17) is 4.74 Å². The van der Waals surface area contributed by atoms with Gasteiger partial charge in [0.05, 0.1) is 12.0 Å². The van der Waals surface area contributed by atoms with Crippen LogP contribution in [0.25, 0.3) is 0 Å². The third-order valence-electron chi connectivity index (χ3n) is 7.41. The number of aliphatic imine (C=N–C) groups is 1. The molecule has 1 heterocycles. The van der Waals surface area contributed by atoms with Crippen molar-refractivity contribution in [3.05, 3.63) is 0 Å². The Balaban J connectivity index is 0.00000210. The fourth-order valence-corrected chi connectivity index (χ4v) is 5.91. The minimum absolute atomic E-state index is 0. The Labute approximate surface area is 176 Å². The third kappa shape index (κ3) is 3.81. The highest BCUT2D eigenvalue weighted by atomic mass is 127. The second-order valence-corrected chi connectivity index (χ2v) is 8.60. The van der Waals surface area contributed by atoms with Crippen LogP contribution in [0.1, 0.15) is 51.4 Å². The van der Waals surface area contributed by atoms with E-state index in [0.717, 1.165) is 19.4 Å². The van der Waals surface area contributed by atoms with Gasteiger partial charge in [0, 0.05) is 37.6 Å². The number of hydrogen-bond donors (Lipinski definition) is 2. The second kappa shape index (κ2) is 8.24. The van der Waals surface area contributed by atoms with Gasteiger partial charge in [-0.2, -0.15) is 13.2 Å². The number of ether oxygens (including phenoxy) is 1. The molecule has 0 amide bonds. The summed E-state index contributed by atoms with van der Waals surface area (Å²) in [6.45, 7) is 1.17. The smallest absolute Gasteiger partial charge is 0.377 e. The van der Waals surface area contributed by atoms with Crippen molar-refractivity contribution in [3.8, 4) is 0 Å². The van der Waals surface area contributed by atoms with E-state index in [1.165, 1.54) is 19.3 Å². The van der Waals surface area contributed by atoms with Crippen LogP contribution >= 0.6 is 24.0 Å². The summed E-state index contributed by atoms with van der Waals surface area (Å²) in [4.78, 5) is 4.29. The molecule has 5 unspecified atom stereocenters. The summed E-state index contributed by atoms with van der Waals surface area (Å²) in [7, 11) is 1.70. The quantitative estimate of drug-likeness (QED) is 0.348. The summed E-state index contributed by atoms with van der Waals surface area (Å²) >= 11 is 0. The van der Waals surface area contributed by atoms with Gasteiger partial charge in [-0.15, -0.1) is 24.0 Å². The molecule has 156 valence electrons. The fraction of sp³-hybridized carbons (Fsp3) is 0.947. The van der Waals surface area contributed by atoms with Crippen molar-refractivity contribution in [2.24, 2.45) is 28.2 Å². The molecule has 2 N–H and O–H groups in total. The second-order valence-electron chi connectivity index (χ2n) is 8.60. The molecule has 0 bridgehead atoms. The predicted molar refractivity (Wildman–Crippen MR) is 109 cm³/mol. The van der Waals surface area contributed by atoms with Gasteiger partial charge in [0.2, 0.25) is 0 Å². The minimum Gasteiger partial charge on any atom is -0.377 e. The van der Waals surface area contributed by atoms with Crippen LogP contribution in [0.2, 0.25) is 0 Å². The molecule has 8 heteroatoms. The van der Waals surface area contributed by atoms with Crippen molar-refractivity contribution >= 4 is 29.9 Å². The molecule has 0 aromatic rings. The van der Waals surface area contributed by atoms with Crippen molar-refractivity contribution in [2.45, 2.75) is 69.7 Å². The number of nitrogens with one attached hydrogen (secondary N) is 2. The van der Waals surface area contributed by atoms with Gasteiger partial charge in [0.15, 0.2) is 5.96 Å². The summed E-state index contributed by atoms with van der Waals surface area (Å²) in [5.41, 5.74) is 0.234. The van der Waals surface area contributed by atoms with E-state index in [9.17, 15) is 13.2 Å². The van der Waals surface area contributed by atoms with E-state index in [2.05, 4.69) is 15.6 Å². The Morgan fingerprint density at radius 1 is 1.15 bits per heavy atom. The van der Waals surface area contributed by atoms with Crippen molar-refractivity contribution < 1.29 is 17.9 Å². The number of hydrogen-bond acceptors (Lipinski definition) is 2. The predicted octanol–water partition coefficient (Wildman–Crippen LogP) is 4.10. The highest BCUT2D eigenvalue weighted by molar-refractivity contribution is 14.0. The van der Waals surface area contributed by atoms with Crippen molar-refractivity contribution in [2.75, 3.05) is 20.2 Å². The molecule has 4 fully saturated rings. The van der Waals surface area contributed by atoms with E-state index in [-0.39, 0.29) is 41.7 Å². The van der Waals surface area contributed by atoms with Crippen LogP contribution in [-0.2, 0) is 4.74 Å². The molecular formula is C19H31F3IN3O. The summed E-state index contributed by atoms with van der Waals surface area (Å²) in [5.74, 6) is -0.371. The number of rotatable bonds is 3. The van der Waals surface area contributed by atoms with Gasteiger partial charge < -0.3 is 15.4 Å². The normalized spacial score (nSPS) is 37.6. The SMILES string of the molecule is CN=C(NCC1CCCCC1C(F)(F)F)NC1C2CCOC2C12CCC2.I. The largest absolute Gasteiger partial charge is 0.392 e. The summed E-state index contributed by atoms with van der Waals surface area (Å²) < 4.78 is 45.8. The number of alkyl halides is 3. The first-order valence-electron chi connectivity index (χ1n) is 10.1. The van der Waals surface area contributed by atoms with Gasteiger partial charge in [-0.25, -0.2) is 0 Å². The number of fused-ring (bicyclic) bond motifs is 2. The van der Waals surface area contributed by atoms with E-state index in [0.29, 0.717) is 43.4 Å². The zero-order chi connectivity index (χ0) is 18.4. The topological polar surface area (TPSA) is 45.7 Å². The Morgan fingerprint density at radius 3 is 2.52 bits per heavy atom. The van der Waals surface area contributed by atoms with Crippen LogP contribution in [0, 0.1) is 23.2 Å². The van der Waals surface area contributed by atoms with Crippen molar-refractivity contribution in [3.63, 3.8) is 0 Å².